The zero-order valence-corrected chi connectivity index (χ0v) is 13.0. The lowest BCUT2D eigenvalue weighted by atomic mass is 9.99. The summed E-state index contributed by atoms with van der Waals surface area (Å²) in [5, 5.41) is 3.34. The van der Waals surface area contributed by atoms with Gasteiger partial charge in [0.15, 0.2) is 0 Å². The van der Waals surface area contributed by atoms with Gasteiger partial charge in [0, 0.05) is 13.7 Å². The molecule has 1 unspecified atom stereocenters. The molecule has 0 bridgehead atoms. The minimum Gasteiger partial charge on any atom is -0.465 e. The Balaban J connectivity index is 2.10. The van der Waals surface area contributed by atoms with Crippen molar-refractivity contribution in [2.45, 2.75) is 37.1 Å². The van der Waals surface area contributed by atoms with Crippen LogP contribution in [0, 0.1) is 13.8 Å². The Hall–Kier alpha value is -0.890. The van der Waals surface area contributed by atoms with E-state index in [0.717, 1.165) is 19.4 Å². The third-order valence-corrected chi connectivity index (χ3v) is 5.15. The molecule has 1 aromatic rings. The SMILES string of the molecule is COCC1(CNS(=O)(=O)c2cc(C)oc2C)CCCN1. The molecule has 1 aliphatic heterocycles. The van der Waals surface area contributed by atoms with E-state index in [9.17, 15) is 8.42 Å². The maximum absolute atomic E-state index is 12.3. The fourth-order valence-corrected chi connectivity index (χ4v) is 4.02. The van der Waals surface area contributed by atoms with Crippen molar-refractivity contribution in [3.05, 3.63) is 17.6 Å². The van der Waals surface area contributed by atoms with Gasteiger partial charge >= 0.3 is 0 Å². The summed E-state index contributed by atoms with van der Waals surface area (Å²) >= 11 is 0. The highest BCUT2D eigenvalue weighted by Crippen LogP contribution is 2.22. The molecule has 1 atom stereocenters. The Kier molecular flexibility index (Phi) is 4.53. The average molecular weight is 302 g/mol. The van der Waals surface area contributed by atoms with Gasteiger partial charge in [-0.15, -0.1) is 0 Å². The van der Waals surface area contributed by atoms with Crippen molar-refractivity contribution >= 4 is 10.0 Å². The summed E-state index contributed by atoms with van der Waals surface area (Å²) in [6.45, 7) is 5.07. The molecule has 1 aliphatic rings. The number of sulfonamides is 1. The van der Waals surface area contributed by atoms with Crippen LogP contribution in [0.5, 0.6) is 0 Å². The van der Waals surface area contributed by atoms with E-state index >= 15 is 0 Å². The van der Waals surface area contributed by atoms with Gasteiger partial charge in [0.1, 0.15) is 16.4 Å². The predicted molar refractivity (Wildman–Crippen MR) is 75.2 cm³/mol. The summed E-state index contributed by atoms with van der Waals surface area (Å²) < 4.78 is 37.8. The first kappa shape index (κ1) is 15.5. The third kappa shape index (κ3) is 3.22. The Labute approximate surface area is 119 Å². The highest BCUT2D eigenvalue weighted by atomic mass is 32.2. The molecular weight excluding hydrogens is 280 g/mol. The molecule has 1 aromatic heterocycles. The van der Waals surface area contributed by atoms with E-state index in [1.54, 1.807) is 27.0 Å². The number of nitrogens with one attached hydrogen (secondary N) is 2. The van der Waals surface area contributed by atoms with Gasteiger partial charge in [-0.3, -0.25) is 0 Å². The van der Waals surface area contributed by atoms with Crippen LogP contribution in [0.3, 0.4) is 0 Å². The lowest BCUT2D eigenvalue weighted by Gasteiger charge is -2.28. The van der Waals surface area contributed by atoms with Gasteiger partial charge in [-0.05, 0) is 39.3 Å². The van der Waals surface area contributed by atoms with Crippen LogP contribution in [0.2, 0.25) is 0 Å². The van der Waals surface area contributed by atoms with E-state index in [4.69, 9.17) is 9.15 Å². The van der Waals surface area contributed by atoms with Crippen LogP contribution in [-0.2, 0) is 14.8 Å². The molecule has 0 aromatic carbocycles. The van der Waals surface area contributed by atoms with Crippen molar-refractivity contribution in [1.29, 1.82) is 0 Å². The minimum atomic E-state index is -3.55. The van der Waals surface area contributed by atoms with Crippen LogP contribution < -0.4 is 10.0 Å². The first-order valence-corrected chi connectivity index (χ1v) is 8.18. The van der Waals surface area contributed by atoms with E-state index in [1.807, 2.05) is 0 Å². The van der Waals surface area contributed by atoms with Gasteiger partial charge in [0.05, 0.1) is 12.1 Å². The molecule has 2 N–H and O–H groups in total. The van der Waals surface area contributed by atoms with Crippen molar-refractivity contribution in [3.8, 4) is 0 Å². The van der Waals surface area contributed by atoms with Crippen LogP contribution >= 0.6 is 0 Å². The van der Waals surface area contributed by atoms with Crippen molar-refractivity contribution in [2.75, 3.05) is 26.8 Å². The van der Waals surface area contributed by atoms with Gasteiger partial charge in [-0.25, -0.2) is 13.1 Å². The zero-order valence-electron chi connectivity index (χ0n) is 12.2. The second kappa shape index (κ2) is 5.85. The number of furan rings is 1. The zero-order chi connectivity index (χ0) is 14.8. The largest absolute Gasteiger partial charge is 0.465 e. The maximum Gasteiger partial charge on any atom is 0.244 e. The van der Waals surface area contributed by atoms with Crippen molar-refractivity contribution in [3.63, 3.8) is 0 Å². The summed E-state index contributed by atoms with van der Waals surface area (Å²) in [6.07, 6.45) is 1.92. The number of aryl methyl sites for hydroxylation is 2. The molecule has 7 heteroatoms. The topological polar surface area (TPSA) is 80.6 Å². The molecule has 6 nitrogen and oxygen atoms in total. The molecule has 0 radical (unpaired) electrons. The van der Waals surface area contributed by atoms with Crippen LogP contribution in [-0.4, -0.2) is 40.8 Å². The lowest BCUT2D eigenvalue weighted by molar-refractivity contribution is 0.122. The van der Waals surface area contributed by atoms with Gasteiger partial charge in [-0.1, -0.05) is 0 Å². The van der Waals surface area contributed by atoms with Crippen LogP contribution in [0.15, 0.2) is 15.4 Å². The van der Waals surface area contributed by atoms with Crippen LogP contribution in [0.4, 0.5) is 0 Å². The number of ether oxygens (including phenoxy) is 1. The Bertz CT molecular complexity index is 559. The molecular formula is C13H22N2O4S. The predicted octanol–water partition coefficient (Wildman–Crippen LogP) is 0.943. The molecule has 20 heavy (non-hydrogen) atoms. The van der Waals surface area contributed by atoms with E-state index < -0.39 is 10.0 Å². The minimum absolute atomic E-state index is 0.209. The smallest absolute Gasteiger partial charge is 0.244 e. The number of rotatable bonds is 6. The molecule has 1 saturated heterocycles. The van der Waals surface area contributed by atoms with Gasteiger partial charge in [0.25, 0.3) is 0 Å². The Morgan fingerprint density at radius 2 is 2.25 bits per heavy atom. The molecule has 0 saturated carbocycles. The lowest BCUT2D eigenvalue weighted by Crippen LogP contribution is -2.52. The fraction of sp³-hybridized carbons (Fsp3) is 0.692. The van der Waals surface area contributed by atoms with Crippen molar-refractivity contribution < 1.29 is 17.6 Å². The van der Waals surface area contributed by atoms with E-state index in [2.05, 4.69) is 10.0 Å². The van der Waals surface area contributed by atoms with E-state index in [1.165, 1.54) is 0 Å². The van der Waals surface area contributed by atoms with Crippen LogP contribution in [0.1, 0.15) is 24.4 Å². The van der Waals surface area contributed by atoms with E-state index in [-0.39, 0.29) is 10.4 Å². The Morgan fingerprint density at radius 1 is 1.50 bits per heavy atom. The van der Waals surface area contributed by atoms with Crippen LogP contribution in [0.25, 0.3) is 0 Å². The summed E-state index contributed by atoms with van der Waals surface area (Å²) in [7, 11) is -1.93. The Morgan fingerprint density at radius 3 is 2.75 bits per heavy atom. The summed E-state index contributed by atoms with van der Waals surface area (Å²) in [6, 6.07) is 1.54. The number of hydrogen-bond donors (Lipinski definition) is 2. The second-order valence-corrected chi connectivity index (χ2v) is 7.08. The molecule has 0 aliphatic carbocycles. The van der Waals surface area contributed by atoms with E-state index in [0.29, 0.717) is 24.7 Å². The molecule has 0 spiro atoms. The summed E-state index contributed by atoms with van der Waals surface area (Å²) in [5.74, 6) is 1.00. The van der Waals surface area contributed by atoms with Gasteiger partial charge < -0.3 is 14.5 Å². The molecule has 2 heterocycles. The van der Waals surface area contributed by atoms with Gasteiger partial charge in [0.2, 0.25) is 10.0 Å². The second-order valence-electron chi connectivity index (χ2n) is 5.35. The normalized spacial score (nSPS) is 23.4. The number of hydrogen-bond acceptors (Lipinski definition) is 5. The van der Waals surface area contributed by atoms with Crippen molar-refractivity contribution in [2.24, 2.45) is 0 Å². The highest BCUT2D eigenvalue weighted by molar-refractivity contribution is 7.89. The fourth-order valence-electron chi connectivity index (χ4n) is 2.66. The van der Waals surface area contributed by atoms with Crippen molar-refractivity contribution in [1.82, 2.24) is 10.0 Å². The molecule has 1 fully saturated rings. The first-order valence-electron chi connectivity index (χ1n) is 6.69. The summed E-state index contributed by atoms with van der Waals surface area (Å²) in [5.41, 5.74) is -0.311. The highest BCUT2D eigenvalue weighted by Gasteiger charge is 2.35. The maximum atomic E-state index is 12.3. The standard InChI is InChI=1S/C13H22N2O4S/c1-10-7-12(11(2)19-10)20(16,17)15-8-13(9-18-3)5-4-6-14-13/h7,14-15H,4-6,8-9H2,1-3H3. The third-order valence-electron chi connectivity index (χ3n) is 3.64. The first-order chi connectivity index (χ1) is 9.38. The monoisotopic (exact) mass is 302 g/mol. The molecule has 114 valence electrons. The van der Waals surface area contributed by atoms with Gasteiger partial charge in [-0.2, -0.15) is 0 Å². The average Bonchev–Trinajstić information content (AvgIpc) is 2.95. The summed E-state index contributed by atoms with van der Waals surface area (Å²) in [4.78, 5) is 0.209. The number of methoxy groups -OCH3 is 1. The molecule has 0 amide bonds. The quantitative estimate of drug-likeness (QED) is 0.817. The molecule has 2 rings (SSSR count).